The number of aliphatic imine (C=N–C) groups is 1. The highest BCUT2D eigenvalue weighted by Gasteiger charge is 2.04. The Hall–Kier alpha value is -1.32. The van der Waals surface area contributed by atoms with Gasteiger partial charge in [0.15, 0.2) is 0 Å². The van der Waals surface area contributed by atoms with Gasteiger partial charge in [-0.3, -0.25) is 9.67 Å². The normalized spacial score (nSPS) is 15.6. The molecule has 1 aromatic heterocycles. The summed E-state index contributed by atoms with van der Waals surface area (Å²) in [7, 11) is 1.94. The molecular formula is C10H16N4. The smallest absolute Gasteiger partial charge is 0.0963 e. The first kappa shape index (κ1) is 9.24. The Labute approximate surface area is 84.0 Å². The zero-order valence-electron chi connectivity index (χ0n) is 8.53. The van der Waals surface area contributed by atoms with Gasteiger partial charge < -0.3 is 5.32 Å². The van der Waals surface area contributed by atoms with E-state index in [1.807, 2.05) is 17.9 Å². The summed E-state index contributed by atoms with van der Waals surface area (Å²) in [6.07, 6.45) is 7.31. The summed E-state index contributed by atoms with van der Waals surface area (Å²) in [6, 6.07) is 0. The van der Waals surface area contributed by atoms with Crippen molar-refractivity contribution in [2.24, 2.45) is 12.0 Å². The van der Waals surface area contributed by atoms with Crippen molar-refractivity contribution in [1.29, 1.82) is 0 Å². The van der Waals surface area contributed by atoms with Gasteiger partial charge in [-0.15, -0.1) is 0 Å². The van der Waals surface area contributed by atoms with Gasteiger partial charge in [-0.05, 0) is 18.4 Å². The van der Waals surface area contributed by atoms with Crippen LogP contribution in [0.2, 0.25) is 0 Å². The summed E-state index contributed by atoms with van der Waals surface area (Å²) >= 11 is 0. The maximum atomic E-state index is 4.36. The largest absolute Gasteiger partial charge is 0.374 e. The van der Waals surface area contributed by atoms with Gasteiger partial charge in [0.05, 0.1) is 12.0 Å². The minimum absolute atomic E-state index is 0.963. The van der Waals surface area contributed by atoms with E-state index in [1.165, 1.54) is 17.8 Å². The van der Waals surface area contributed by atoms with E-state index in [4.69, 9.17) is 0 Å². The Morgan fingerprint density at radius 2 is 2.50 bits per heavy atom. The van der Waals surface area contributed by atoms with Crippen LogP contribution in [-0.4, -0.2) is 28.7 Å². The predicted octanol–water partition coefficient (Wildman–Crippen LogP) is 0.744. The fourth-order valence-electron chi connectivity index (χ4n) is 1.64. The van der Waals surface area contributed by atoms with Gasteiger partial charge in [0, 0.05) is 32.8 Å². The lowest BCUT2D eigenvalue weighted by Crippen LogP contribution is -2.23. The Kier molecular flexibility index (Phi) is 2.81. The first-order valence-electron chi connectivity index (χ1n) is 5.09. The summed E-state index contributed by atoms with van der Waals surface area (Å²) < 4.78 is 1.84. The molecule has 0 aromatic carbocycles. The molecule has 0 spiro atoms. The number of hydrogen-bond acceptors (Lipinski definition) is 3. The second kappa shape index (κ2) is 4.26. The molecule has 0 fully saturated rings. The summed E-state index contributed by atoms with van der Waals surface area (Å²) in [6.45, 7) is 1.96. The molecule has 14 heavy (non-hydrogen) atoms. The van der Waals surface area contributed by atoms with Crippen LogP contribution in [0.5, 0.6) is 0 Å². The third kappa shape index (κ3) is 2.34. The molecule has 0 saturated heterocycles. The lowest BCUT2D eigenvalue weighted by molar-refractivity contribution is 0.766. The molecule has 0 amide bonds. The number of nitrogens with zero attached hydrogens (tertiary/aromatic N) is 3. The van der Waals surface area contributed by atoms with Crippen LogP contribution in [0.15, 0.2) is 17.4 Å². The SMILES string of the molecule is Cn1cc(CCNC2=NCCC2)cn1. The Morgan fingerprint density at radius 1 is 1.57 bits per heavy atom. The molecule has 4 heteroatoms. The Morgan fingerprint density at radius 3 is 3.14 bits per heavy atom. The first-order valence-corrected chi connectivity index (χ1v) is 5.09. The number of aromatic nitrogens is 2. The molecule has 0 atom stereocenters. The lowest BCUT2D eigenvalue weighted by Gasteiger charge is -2.03. The maximum Gasteiger partial charge on any atom is 0.0963 e. The van der Waals surface area contributed by atoms with Crippen LogP contribution in [0.4, 0.5) is 0 Å². The Bertz CT molecular complexity index is 327. The van der Waals surface area contributed by atoms with Crippen LogP contribution in [0.25, 0.3) is 0 Å². The van der Waals surface area contributed by atoms with Gasteiger partial charge in [0.1, 0.15) is 0 Å². The van der Waals surface area contributed by atoms with Crippen LogP contribution in [0.3, 0.4) is 0 Å². The highest BCUT2D eigenvalue weighted by atomic mass is 15.2. The average Bonchev–Trinajstić information content (AvgIpc) is 2.77. The molecule has 2 rings (SSSR count). The molecule has 0 bridgehead atoms. The summed E-state index contributed by atoms with van der Waals surface area (Å²) in [5.74, 6) is 1.17. The molecule has 1 aromatic rings. The first-order chi connectivity index (χ1) is 6.84. The van der Waals surface area contributed by atoms with Gasteiger partial charge in [0.25, 0.3) is 0 Å². The highest BCUT2D eigenvalue weighted by molar-refractivity contribution is 5.83. The molecule has 1 N–H and O–H groups in total. The third-order valence-electron chi connectivity index (χ3n) is 2.38. The molecule has 0 radical (unpaired) electrons. The van der Waals surface area contributed by atoms with Crippen molar-refractivity contribution < 1.29 is 0 Å². The fraction of sp³-hybridized carbons (Fsp3) is 0.600. The standard InChI is InChI=1S/C10H16N4/c1-14-8-9(7-13-14)4-6-12-10-3-2-5-11-10/h7-8H,2-6H2,1H3,(H,11,12). The second-order valence-corrected chi connectivity index (χ2v) is 3.63. The van der Waals surface area contributed by atoms with E-state index >= 15 is 0 Å². The van der Waals surface area contributed by atoms with E-state index < -0.39 is 0 Å². The van der Waals surface area contributed by atoms with Crippen molar-refractivity contribution >= 4 is 5.84 Å². The number of nitrogens with one attached hydrogen (secondary N) is 1. The molecule has 76 valence electrons. The third-order valence-corrected chi connectivity index (χ3v) is 2.38. The number of aryl methyl sites for hydroxylation is 1. The van der Waals surface area contributed by atoms with E-state index in [-0.39, 0.29) is 0 Å². The second-order valence-electron chi connectivity index (χ2n) is 3.63. The van der Waals surface area contributed by atoms with Crippen molar-refractivity contribution in [1.82, 2.24) is 15.1 Å². The van der Waals surface area contributed by atoms with Gasteiger partial charge in [-0.1, -0.05) is 0 Å². The van der Waals surface area contributed by atoms with Gasteiger partial charge in [0.2, 0.25) is 0 Å². The quantitative estimate of drug-likeness (QED) is 0.767. The molecule has 1 aliphatic heterocycles. The van der Waals surface area contributed by atoms with Gasteiger partial charge in [-0.2, -0.15) is 5.10 Å². The maximum absolute atomic E-state index is 4.36. The summed E-state index contributed by atoms with van der Waals surface area (Å²) in [4.78, 5) is 4.36. The van der Waals surface area contributed by atoms with Crippen LogP contribution in [0.1, 0.15) is 18.4 Å². The monoisotopic (exact) mass is 192 g/mol. The molecular weight excluding hydrogens is 176 g/mol. The molecule has 0 aliphatic carbocycles. The van der Waals surface area contributed by atoms with E-state index in [1.54, 1.807) is 0 Å². The van der Waals surface area contributed by atoms with E-state index in [9.17, 15) is 0 Å². The lowest BCUT2D eigenvalue weighted by atomic mass is 10.2. The minimum Gasteiger partial charge on any atom is -0.374 e. The van der Waals surface area contributed by atoms with E-state index in [0.29, 0.717) is 0 Å². The van der Waals surface area contributed by atoms with Crippen LogP contribution < -0.4 is 5.32 Å². The zero-order valence-corrected chi connectivity index (χ0v) is 8.53. The molecule has 2 heterocycles. The highest BCUT2D eigenvalue weighted by Crippen LogP contribution is 2.01. The fourth-order valence-corrected chi connectivity index (χ4v) is 1.64. The van der Waals surface area contributed by atoms with Crippen LogP contribution in [-0.2, 0) is 13.5 Å². The van der Waals surface area contributed by atoms with Crippen molar-refractivity contribution in [3.63, 3.8) is 0 Å². The van der Waals surface area contributed by atoms with Crippen molar-refractivity contribution in [3.8, 4) is 0 Å². The van der Waals surface area contributed by atoms with Crippen molar-refractivity contribution in [2.45, 2.75) is 19.3 Å². The Balaban J connectivity index is 1.72. The molecule has 0 saturated carbocycles. The van der Waals surface area contributed by atoms with Crippen LogP contribution in [0, 0.1) is 0 Å². The van der Waals surface area contributed by atoms with Crippen molar-refractivity contribution in [2.75, 3.05) is 13.1 Å². The number of hydrogen-bond donors (Lipinski definition) is 1. The molecule has 4 nitrogen and oxygen atoms in total. The van der Waals surface area contributed by atoms with Gasteiger partial charge in [-0.25, -0.2) is 0 Å². The zero-order chi connectivity index (χ0) is 9.80. The summed E-state index contributed by atoms with van der Waals surface area (Å²) in [5.41, 5.74) is 1.28. The van der Waals surface area contributed by atoms with Gasteiger partial charge >= 0.3 is 0 Å². The summed E-state index contributed by atoms with van der Waals surface area (Å²) in [5, 5.41) is 7.48. The minimum atomic E-state index is 0.963. The molecule has 0 unspecified atom stereocenters. The molecule has 1 aliphatic rings. The predicted molar refractivity (Wildman–Crippen MR) is 56.5 cm³/mol. The average molecular weight is 192 g/mol. The topological polar surface area (TPSA) is 42.2 Å². The number of amidine groups is 1. The van der Waals surface area contributed by atoms with E-state index in [0.717, 1.165) is 25.9 Å². The van der Waals surface area contributed by atoms with Crippen molar-refractivity contribution in [3.05, 3.63) is 18.0 Å². The van der Waals surface area contributed by atoms with Crippen LogP contribution >= 0.6 is 0 Å². The van der Waals surface area contributed by atoms with E-state index in [2.05, 4.69) is 21.6 Å². The number of rotatable bonds is 3.